The maximum absolute atomic E-state index is 5.81. The summed E-state index contributed by atoms with van der Waals surface area (Å²) in [6, 6.07) is 14.0. The van der Waals surface area contributed by atoms with Gasteiger partial charge in [0, 0.05) is 6.54 Å². The number of hydrogen-bond donors (Lipinski definition) is 2. The minimum atomic E-state index is 0.231. The third-order valence-corrected chi connectivity index (χ3v) is 4.19. The fraction of sp³-hybridized carbons (Fsp3) is 0.125. The lowest BCUT2D eigenvalue weighted by Gasteiger charge is -2.10. The number of benzene rings is 1. The maximum atomic E-state index is 5.81. The van der Waals surface area contributed by atoms with Crippen molar-refractivity contribution < 1.29 is 4.42 Å². The van der Waals surface area contributed by atoms with Crippen LogP contribution in [-0.4, -0.2) is 16.5 Å². The first-order chi connectivity index (χ1) is 10.7. The molecule has 3 aromatic rings. The fourth-order valence-corrected chi connectivity index (χ4v) is 2.83. The molecule has 0 bridgehead atoms. The quantitative estimate of drug-likeness (QED) is 0.634. The Morgan fingerprint density at radius 3 is 2.64 bits per heavy atom. The zero-order chi connectivity index (χ0) is 15.4. The van der Waals surface area contributed by atoms with E-state index in [1.54, 1.807) is 6.26 Å². The van der Waals surface area contributed by atoms with E-state index in [0.29, 0.717) is 11.5 Å². The average molecular weight is 406 g/mol. The largest absolute Gasteiger partial charge is 0.463 e. The number of aromatic nitrogens is 2. The molecule has 0 amide bonds. The number of nitrogen functional groups attached to an aromatic ring is 1. The van der Waals surface area contributed by atoms with Crippen LogP contribution in [0.15, 0.2) is 53.1 Å². The Labute approximate surface area is 142 Å². The van der Waals surface area contributed by atoms with Crippen LogP contribution in [0, 0.1) is 3.57 Å². The van der Waals surface area contributed by atoms with Crippen LogP contribution < -0.4 is 11.1 Å². The van der Waals surface area contributed by atoms with E-state index in [1.165, 1.54) is 5.56 Å². The Kier molecular flexibility index (Phi) is 4.57. The van der Waals surface area contributed by atoms with Gasteiger partial charge in [-0.15, -0.1) is 0 Å². The van der Waals surface area contributed by atoms with Crippen molar-refractivity contribution in [3.8, 4) is 11.5 Å². The summed E-state index contributed by atoms with van der Waals surface area (Å²) in [5, 5.41) is 3.32. The number of hydrogen-bond acceptors (Lipinski definition) is 5. The average Bonchev–Trinajstić information content (AvgIpc) is 3.05. The zero-order valence-corrected chi connectivity index (χ0v) is 13.9. The molecular formula is C16H15IN4O. The molecule has 112 valence electrons. The molecule has 0 atom stereocenters. The molecule has 0 aliphatic heterocycles. The Balaban J connectivity index is 1.76. The summed E-state index contributed by atoms with van der Waals surface area (Å²) >= 11 is 2.21. The fourth-order valence-electron chi connectivity index (χ4n) is 2.13. The molecular weight excluding hydrogens is 391 g/mol. The van der Waals surface area contributed by atoms with E-state index in [4.69, 9.17) is 10.2 Å². The number of nitrogens with one attached hydrogen (secondary N) is 1. The van der Waals surface area contributed by atoms with Crippen molar-refractivity contribution in [2.75, 3.05) is 17.6 Å². The molecule has 1 aromatic carbocycles. The van der Waals surface area contributed by atoms with Crippen LogP contribution in [0.5, 0.6) is 0 Å². The van der Waals surface area contributed by atoms with Crippen molar-refractivity contribution in [1.82, 2.24) is 9.97 Å². The Hall–Kier alpha value is -2.09. The molecule has 0 unspecified atom stereocenters. The molecule has 3 rings (SSSR count). The summed E-state index contributed by atoms with van der Waals surface area (Å²) < 4.78 is 6.30. The third kappa shape index (κ3) is 3.38. The predicted octanol–water partition coefficient (Wildman–Crippen LogP) is 3.58. The molecule has 0 saturated heterocycles. The smallest absolute Gasteiger partial charge is 0.222 e. The minimum Gasteiger partial charge on any atom is -0.463 e. The second-order valence-corrected chi connectivity index (χ2v) is 5.81. The minimum absolute atomic E-state index is 0.231. The molecule has 0 fully saturated rings. The molecule has 5 nitrogen and oxygen atoms in total. The van der Waals surface area contributed by atoms with Crippen LogP contribution >= 0.6 is 22.6 Å². The van der Waals surface area contributed by atoms with E-state index in [0.717, 1.165) is 22.4 Å². The van der Waals surface area contributed by atoms with Crippen molar-refractivity contribution in [2.45, 2.75) is 6.42 Å². The van der Waals surface area contributed by atoms with Gasteiger partial charge in [0.25, 0.3) is 0 Å². The molecule has 22 heavy (non-hydrogen) atoms. The van der Waals surface area contributed by atoms with Gasteiger partial charge in [0.2, 0.25) is 5.95 Å². The molecule has 0 aliphatic carbocycles. The number of halogens is 1. The lowest BCUT2D eigenvalue weighted by atomic mass is 10.1. The van der Waals surface area contributed by atoms with Crippen LogP contribution in [0.25, 0.3) is 11.5 Å². The summed E-state index contributed by atoms with van der Waals surface area (Å²) in [7, 11) is 0. The van der Waals surface area contributed by atoms with Gasteiger partial charge < -0.3 is 15.5 Å². The molecule has 0 spiro atoms. The van der Waals surface area contributed by atoms with Gasteiger partial charge in [0.1, 0.15) is 11.5 Å². The summed E-state index contributed by atoms with van der Waals surface area (Å²) in [5.41, 5.74) is 7.79. The third-order valence-electron chi connectivity index (χ3n) is 3.17. The van der Waals surface area contributed by atoms with Crippen molar-refractivity contribution in [1.29, 1.82) is 0 Å². The summed E-state index contributed by atoms with van der Waals surface area (Å²) in [5.74, 6) is 1.65. The van der Waals surface area contributed by atoms with E-state index in [1.807, 2.05) is 30.3 Å². The second-order valence-electron chi connectivity index (χ2n) is 4.73. The number of nitrogens with zero attached hydrogens (tertiary/aromatic N) is 2. The highest BCUT2D eigenvalue weighted by atomic mass is 127. The van der Waals surface area contributed by atoms with Gasteiger partial charge in [-0.3, -0.25) is 0 Å². The lowest BCUT2D eigenvalue weighted by Crippen LogP contribution is -2.10. The van der Waals surface area contributed by atoms with Crippen molar-refractivity contribution in [3.63, 3.8) is 0 Å². The van der Waals surface area contributed by atoms with Gasteiger partial charge >= 0.3 is 0 Å². The SMILES string of the molecule is Nc1nc(NCCc2ccccc2)c(I)c(-c2ccco2)n1. The standard InChI is InChI=1S/C16H15IN4O/c17-13-14(12-7-4-10-22-12)20-16(18)21-15(13)19-9-8-11-5-2-1-3-6-11/h1-7,10H,8-9H2,(H3,18,19,20,21). The highest BCUT2D eigenvalue weighted by molar-refractivity contribution is 14.1. The summed E-state index contributed by atoms with van der Waals surface area (Å²) in [6.45, 7) is 0.772. The van der Waals surface area contributed by atoms with E-state index in [2.05, 4.69) is 50.0 Å². The highest BCUT2D eigenvalue weighted by Crippen LogP contribution is 2.28. The molecule has 3 N–H and O–H groups in total. The molecule has 2 heterocycles. The van der Waals surface area contributed by atoms with Crippen molar-refractivity contribution in [3.05, 3.63) is 57.9 Å². The monoisotopic (exact) mass is 406 g/mol. The second kappa shape index (κ2) is 6.78. The Morgan fingerprint density at radius 2 is 1.91 bits per heavy atom. The van der Waals surface area contributed by atoms with Crippen molar-refractivity contribution >= 4 is 34.4 Å². The van der Waals surface area contributed by atoms with Gasteiger partial charge in [0.05, 0.1) is 9.83 Å². The number of furan rings is 1. The van der Waals surface area contributed by atoms with Crippen LogP contribution in [0.2, 0.25) is 0 Å². The Bertz CT molecular complexity index is 744. The van der Waals surface area contributed by atoms with Crippen molar-refractivity contribution in [2.24, 2.45) is 0 Å². The van der Waals surface area contributed by atoms with Crippen LogP contribution in [0.1, 0.15) is 5.56 Å². The van der Waals surface area contributed by atoms with E-state index in [9.17, 15) is 0 Å². The first-order valence-corrected chi connectivity index (χ1v) is 7.96. The molecule has 0 aliphatic rings. The zero-order valence-electron chi connectivity index (χ0n) is 11.8. The number of anilines is 2. The predicted molar refractivity (Wildman–Crippen MR) is 95.5 cm³/mol. The van der Waals surface area contributed by atoms with E-state index in [-0.39, 0.29) is 5.95 Å². The number of rotatable bonds is 5. The van der Waals surface area contributed by atoms with Crippen LogP contribution in [0.4, 0.5) is 11.8 Å². The van der Waals surface area contributed by atoms with Gasteiger partial charge in [-0.25, -0.2) is 4.98 Å². The lowest BCUT2D eigenvalue weighted by molar-refractivity contribution is 0.579. The van der Waals surface area contributed by atoms with Gasteiger partial charge in [-0.05, 0) is 46.7 Å². The van der Waals surface area contributed by atoms with E-state index < -0.39 is 0 Å². The molecule has 6 heteroatoms. The molecule has 2 aromatic heterocycles. The maximum Gasteiger partial charge on any atom is 0.222 e. The normalized spacial score (nSPS) is 10.6. The number of nitrogens with two attached hydrogens (primary N) is 1. The highest BCUT2D eigenvalue weighted by Gasteiger charge is 2.14. The van der Waals surface area contributed by atoms with Gasteiger partial charge in [-0.1, -0.05) is 30.3 Å². The molecule has 0 radical (unpaired) electrons. The van der Waals surface area contributed by atoms with Crippen LogP contribution in [-0.2, 0) is 6.42 Å². The van der Waals surface area contributed by atoms with Crippen LogP contribution in [0.3, 0.4) is 0 Å². The van der Waals surface area contributed by atoms with Gasteiger partial charge in [0.15, 0.2) is 5.76 Å². The summed E-state index contributed by atoms with van der Waals surface area (Å²) in [4.78, 5) is 8.55. The first kappa shape index (κ1) is 14.8. The van der Waals surface area contributed by atoms with Gasteiger partial charge in [-0.2, -0.15) is 4.98 Å². The topological polar surface area (TPSA) is 77.0 Å². The first-order valence-electron chi connectivity index (χ1n) is 6.89. The molecule has 0 saturated carbocycles. The summed E-state index contributed by atoms with van der Waals surface area (Å²) in [6.07, 6.45) is 2.53. The Morgan fingerprint density at radius 1 is 1.09 bits per heavy atom. The van der Waals surface area contributed by atoms with E-state index >= 15 is 0 Å².